The van der Waals surface area contributed by atoms with Crippen molar-refractivity contribution in [3.05, 3.63) is 99.6 Å². The van der Waals surface area contributed by atoms with Gasteiger partial charge >= 0.3 is 0 Å². The Hall–Kier alpha value is -4.04. The lowest BCUT2D eigenvalue weighted by atomic mass is 9.57. The van der Waals surface area contributed by atoms with E-state index in [1.165, 1.54) is 12.1 Å². The molecule has 3 aromatic rings. The molecule has 0 radical (unpaired) electrons. The van der Waals surface area contributed by atoms with Crippen LogP contribution in [0.1, 0.15) is 27.4 Å². The van der Waals surface area contributed by atoms with Gasteiger partial charge in [0.15, 0.2) is 5.78 Å². The van der Waals surface area contributed by atoms with E-state index in [0.717, 1.165) is 11.1 Å². The molecule has 0 unspecified atom stereocenters. The Morgan fingerprint density at radius 1 is 1.03 bits per heavy atom. The number of likely N-dealkylation sites (N-methyl/N-ethyl adjacent to an activating group) is 1. The van der Waals surface area contributed by atoms with Gasteiger partial charge in [-0.3, -0.25) is 24.6 Å². The molecule has 0 aromatic heterocycles. The van der Waals surface area contributed by atoms with Crippen molar-refractivity contribution in [3.8, 4) is 5.75 Å². The average Bonchev–Trinajstić information content (AvgIpc) is 3.30. The van der Waals surface area contributed by atoms with Gasteiger partial charge in [-0.25, -0.2) is 0 Å². The maximum Gasteiger partial charge on any atom is 0.269 e. The predicted octanol–water partition coefficient (Wildman–Crippen LogP) is 3.73. The molecule has 1 amide bonds. The molecule has 6 rings (SSSR count). The second-order valence-corrected chi connectivity index (χ2v) is 9.08. The van der Waals surface area contributed by atoms with Crippen LogP contribution in [0.4, 0.5) is 11.4 Å². The third-order valence-electron chi connectivity index (χ3n) is 7.66. The zero-order valence-corrected chi connectivity index (χ0v) is 18.4. The summed E-state index contributed by atoms with van der Waals surface area (Å²) in [5, 5.41) is 14.2. The number of ether oxygens (including phenoxy) is 1. The summed E-state index contributed by atoms with van der Waals surface area (Å²) in [4.78, 5) is 41.0. The van der Waals surface area contributed by atoms with Crippen LogP contribution in [0.25, 0.3) is 0 Å². The van der Waals surface area contributed by atoms with Gasteiger partial charge < -0.3 is 10.1 Å². The number of carbonyl (C=O) groups is 2. The fraction of sp³-hybridized carbons (Fsp3) is 0.231. The predicted molar refractivity (Wildman–Crippen MR) is 124 cm³/mol. The third kappa shape index (κ3) is 2.35. The van der Waals surface area contributed by atoms with E-state index in [2.05, 4.69) is 5.32 Å². The number of benzene rings is 3. The molecule has 3 aliphatic rings. The molecule has 3 aromatic carbocycles. The molecule has 8 heteroatoms. The summed E-state index contributed by atoms with van der Waals surface area (Å²) in [7, 11) is 1.85. The van der Waals surface area contributed by atoms with Gasteiger partial charge in [0.25, 0.3) is 11.6 Å². The summed E-state index contributed by atoms with van der Waals surface area (Å²) < 4.78 is 6.21. The first-order valence-electron chi connectivity index (χ1n) is 11.0. The largest absolute Gasteiger partial charge is 0.492 e. The number of Topliss-reactive ketones (excluding diaryl/α,β-unsaturated/α-hetero) is 1. The topological polar surface area (TPSA) is 102 Å². The minimum atomic E-state index is -1.29. The second-order valence-electron chi connectivity index (χ2n) is 9.08. The summed E-state index contributed by atoms with van der Waals surface area (Å²) in [5.41, 5.74) is 0.0107. The Bertz CT molecular complexity index is 1370. The van der Waals surface area contributed by atoms with Crippen molar-refractivity contribution in [2.24, 2.45) is 5.41 Å². The molecule has 0 saturated carbocycles. The van der Waals surface area contributed by atoms with Crippen molar-refractivity contribution < 1.29 is 19.2 Å². The number of nitrogens with zero attached hydrogens (tertiary/aromatic N) is 2. The number of nitro benzene ring substituents is 1. The number of ketones is 1. The number of non-ortho nitro benzene ring substituents is 1. The van der Waals surface area contributed by atoms with Gasteiger partial charge in [0.2, 0.25) is 0 Å². The average molecular weight is 455 g/mol. The number of anilines is 1. The highest BCUT2D eigenvalue weighted by Crippen LogP contribution is 2.64. The Kier molecular flexibility index (Phi) is 4.22. The van der Waals surface area contributed by atoms with Crippen molar-refractivity contribution in [1.82, 2.24) is 4.90 Å². The zero-order valence-electron chi connectivity index (χ0n) is 18.4. The molecule has 34 heavy (non-hydrogen) atoms. The monoisotopic (exact) mass is 455 g/mol. The fourth-order valence-corrected chi connectivity index (χ4v) is 6.25. The number of rotatable bonds is 2. The minimum absolute atomic E-state index is 0.0105. The number of likely N-dealkylation sites (tertiary alicyclic amines) is 1. The van der Waals surface area contributed by atoms with Crippen LogP contribution in [0.2, 0.25) is 0 Å². The fourth-order valence-electron chi connectivity index (χ4n) is 6.25. The van der Waals surface area contributed by atoms with E-state index < -0.39 is 21.8 Å². The van der Waals surface area contributed by atoms with Gasteiger partial charge in [-0.1, -0.05) is 42.5 Å². The van der Waals surface area contributed by atoms with Crippen molar-refractivity contribution in [2.45, 2.75) is 11.5 Å². The van der Waals surface area contributed by atoms with E-state index in [1.54, 1.807) is 30.3 Å². The number of nitro groups is 1. The lowest BCUT2D eigenvalue weighted by Crippen LogP contribution is -2.62. The van der Waals surface area contributed by atoms with Crippen molar-refractivity contribution in [1.29, 1.82) is 0 Å². The maximum absolute atomic E-state index is 14.5. The first-order valence-corrected chi connectivity index (χ1v) is 11.0. The summed E-state index contributed by atoms with van der Waals surface area (Å²) in [6, 6.07) is 20.8. The Morgan fingerprint density at radius 3 is 2.50 bits per heavy atom. The van der Waals surface area contributed by atoms with Crippen LogP contribution in [0.15, 0.2) is 72.8 Å². The third-order valence-corrected chi connectivity index (χ3v) is 7.66. The van der Waals surface area contributed by atoms with Crippen molar-refractivity contribution in [3.63, 3.8) is 0 Å². The van der Waals surface area contributed by atoms with Crippen LogP contribution in [-0.2, 0) is 10.3 Å². The highest BCUT2D eigenvalue weighted by atomic mass is 16.6. The van der Waals surface area contributed by atoms with Gasteiger partial charge in [-0.05, 0) is 30.8 Å². The van der Waals surface area contributed by atoms with Crippen LogP contribution in [0.3, 0.4) is 0 Å². The molecule has 1 fully saturated rings. The maximum atomic E-state index is 14.5. The number of carbonyl (C=O) groups excluding carboxylic acids is 2. The zero-order chi connectivity index (χ0) is 23.7. The van der Waals surface area contributed by atoms with Crippen LogP contribution < -0.4 is 10.1 Å². The van der Waals surface area contributed by atoms with Crippen LogP contribution >= 0.6 is 0 Å². The second kappa shape index (κ2) is 6.98. The molecule has 3 heterocycles. The molecular weight excluding hydrogens is 434 g/mol. The Balaban J connectivity index is 1.63. The summed E-state index contributed by atoms with van der Waals surface area (Å²) in [6.45, 7) is 0.410. The number of fused-ring (bicyclic) bond motifs is 4. The van der Waals surface area contributed by atoms with Crippen LogP contribution in [-0.4, -0.2) is 41.7 Å². The van der Waals surface area contributed by atoms with Gasteiger partial charge in [0.05, 0.1) is 10.5 Å². The highest BCUT2D eigenvalue weighted by Gasteiger charge is 2.75. The van der Waals surface area contributed by atoms with Crippen LogP contribution in [0, 0.1) is 15.5 Å². The number of amides is 1. The van der Waals surface area contributed by atoms with E-state index >= 15 is 0 Å². The number of nitrogens with one attached hydrogen (secondary N) is 1. The molecule has 3 atom stereocenters. The van der Waals surface area contributed by atoms with Gasteiger partial charge in [-0.2, -0.15) is 0 Å². The van der Waals surface area contributed by atoms with E-state index in [0.29, 0.717) is 23.5 Å². The van der Waals surface area contributed by atoms with Gasteiger partial charge in [0, 0.05) is 35.8 Å². The van der Waals surface area contributed by atoms with Crippen molar-refractivity contribution >= 4 is 23.1 Å². The molecule has 8 nitrogen and oxygen atoms in total. The number of hydrogen-bond acceptors (Lipinski definition) is 6. The van der Waals surface area contributed by atoms with Crippen LogP contribution in [0.5, 0.6) is 5.75 Å². The summed E-state index contributed by atoms with van der Waals surface area (Å²) in [6.07, 6.45) is 0. The van der Waals surface area contributed by atoms with Crippen molar-refractivity contribution in [2.75, 3.05) is 25.5 Å². The minimum Gasteiger partial charge on any atom is -0.492 e. The molecule has 3 aliphatic heterocycles. The SMILES string of the molecule is CN1C[C@@H](c2ccc([N+](=O)[O-])cc2)[C@@]2(COc3ccccc3C2=O)[C@@]12C(=O)Nc1ccccc12. The van der Waals surface area contributed by atoms with E-state index in [4.69, 9.17) is 4.74 Å². The van der Waals surface area contributed by atoms with E-state index in [1.807, 2.05) is 42.3 Å². The lowest BCUT2D eigenvalue weighted by Gasteiger charge is -2.47. The summed E-state index contributed by atoms with van der Waals surface area (Å²) in [5.74, 6) is -0.362. The first kappa shape index (κ1) is 20.6. The first-order chi connectivity index (χ1) is 16.4. The molecule has 2 spiro atoms. The molecular formula is C26H21N3O5. The molecule has 0 bridgehead atoms. The van der Waals surface area contributed by atoms with Gasteiger partial charge in [-0.15, -0.1) is 0 Å². The molecule has 1 N–H and O–H groups in total. The van der Waals surface area contributed by atoms with Gasteiger partial charge in [0.1, 0.15) is 23.3 Å². The Labute approximate surface area is 195 Å². The summed E-state index contributed by atoms with van der Waals surface area (Å²) >= 11 is 0. The molecule has 1 saturated heterocycles. The Morgan fingerprint density at radius 2 is 1.74 bits per heavy atom. The normalized spacial score (nSPS) is 27.4. The standard InChI is InChI=1S/C26H21N3O5/c1-28-14-20(16-10-12-17(13-11-16)29(32)33)25(15-34-22-9-5-2-6-18(22)23(25)30)26(28)19-7-3-4-8-21(19)27-24(26)31/h2-13,20H,14-15H2,1H3,(H,27,31)/t20-,25+,26+/m0/s1. The number of hydrogen-bond donors (Lipinski definition) is 1. The lowest BCUT2D eigenvalue weighted by molar-refractivity contribution is -0.384. The highest BCUT2D eigenvalue weighted by molar-refractivity contribution is 6.15. The smallest absolute Gasteiger partial charge is 0.269 e. The quantitative estimate of drug-likeness (QED) is 0.467. The molecule has 0 aliphatic carbocycles. The number of para-hydroxylation sites is 2. The van der Waals surface area contributed by atoms with E-state index in [9.17, 15) is 19.7 Å². The van der Waals surface area contributed by atoms with E-state index in [-0.39, 0.29) is 24.0 Å². The molecule has 170 valence electrons.